The number of rotatable bonds is 2. The Morgan fingerprint density at radius 1 is 1.73 bits per heavy atom. The zero-order valence-corrected chi connectivity index (χ0v) is 6.93. The Bertz CT molecular complexity index is 130. The summed E-state index contributed by atoms with van der Waals surface area (Å²) in [4.78, 5) is 11.2. The molecular formula is C8H15NO2. The van der Waals surface area contributed by atoms with Gasteiger partial charge in [0.15, 0.2) is 0 Å². The number of carbonyl (C=O) groups is 1. The highest BCUT2D eigenvalue weighted by Gasteiger charge is 2.20. The van der Waals surface area contributed by atoms with Crippen molar-refractivity contribution in [2.24, 2.45) is 5.92 Å². The molecule has 0 saturated carbocycles. The van der Waals surface area contributed by atoms with Crippen molar-refractivity contribution in [1.82, 2.24) is 5.32 Å². The van der Waals surface area contributed by atoms with E-state index in [2.05, 4.69) is 5.32 Å². The van der Waals surface area contributed by atoms with Crippen molar-refractivity contribution in [3.63, 3.8) is 0 Å². The molecule has 1 heterocycles. The molecule has 1 N–H and O–H groups in total. The number of amides is 1. The average Bonchev–Trinajstić information content (AvgIpc) is 2.07. The van der Waals surface area contributed by atoms with Crippen LogP contribution in [0.4, 0.5) is 0 Å². The van der Waals surface area contributed by atoms with Crippen LogP contribution in [0.1, 0.15) is 19.8 Å². The molecule has 64 valence electrons. The number of nitrogens with one attached hydrogen (secondary N) is 1. The minimum atomic E-state index is 0.101. The Morgan fingerprint density at radius 2 is 2.55 bits per heavy atom. The predicted molar refractivity (Wildman–Crippen MR) is 42.2 cm³/mol. The van der Waals surface area contributed by atoms with Crippen LogP contribution in [0.25, 0.3) is 0 Å². The van der Waals surface area contributed by atoms with E-state index in [-0.39, 0.29) is 11.8 Å². The highest BCUT2D eigenvalue weighted by Crippen LogP contribution is 2.12. The maximum atomic E-state index is 11.2. The fraction of sp³-hybridized carbons (Fsp3) is 0.875. The molecule has 0 radical (unpaired) electrons. The zero-order chi connectivity index (χ0) is 8.10. The van der Waals surface area contributed by atoms with Gasteiger partial charge < -0.3 is 10.1 Å². The van der Waals surface area contributed by atoms with E-state index in [0.717, 1.165) is 26.0 Å². The molecule has 1 aliphatic heterocycles. The van der Waals surface area contributed by atoms with Crippen molar-refractivity contribution in [2.75, 3.05) is 19.8 Å². The molecule has 0 aromatic rings. The second-order valence-electron chi connectivity index (χ2n) is 2.81. The van der Waals surface area contributed by atoms with Crippen molar-refractivity contribution in [3.8, 4) is 0 Å². The van der Waals surface area contributed by atoms with Gasteiger partial charge in [0.1, 0.15) is 0 Å². The quantitative estimate of drug-likeness (QED) is 0.635. The van der Waals surface area contributed by atoms with Gasteiger partial charge in [0.2, 0.25) is 5.91 Å². The van der Waals surface area contributed by atoms with Crippen LogP contribution in [0.5, 0.6) is 0 Å². The Labute approximate surface area is 67.1 Å². The largest absolute Gasteiger partial charge is 0.381 e. The third-order valence-electron chi connectivity index (χ3n) is 1.88. The van der Waals surface area contributed by atoms with Gasteiger partial charge in [0, 0.05) is 13.2 Å². The smallest absolute Gasteiger partial charge is 0.225 e. The van der Waals surface area contributed by atoms with Gasteiger partial charge in [0.05, 0.1) is 12.5 Å². The van der Waals surface area contributed by atoms with Crippen LogP contribution in [0.15, 0.2) is 0 Å². The summed E-state index contributed by atoms with van der Waals surface area (Å²) in [6, 6.07) is 0. The van der Waals surface area contributed by atoms with Gasteiger partial charge in [-0.15, -0.1) is 0 Å². The summed E-state index contributed by atoms with van der Waals surface area (Å²) >= 11 is 0. The first-order chi connectivity index (χ1) is 5.34. The molecular weight excluding hydrogens is 142 g/mol. The van der Waals surface area contributed by atoms with Gasteiger partial charge in [-0.2, -0.15) is 0 Å². The third kappa shape index (κ3) is 2.50. The Hall–Kier alpha value is -0.570. The first-order valence-corrected chi connectivity index (χ1v) is 4.20. The van der Waals surface area contributed by atoms with Crippen LogP contribution in [0, 0.1) is 5.92 Å². The first-order valence-electron chi connectivity index (χ1n) is 4.20. The zero-order valence-electron chi connectivity index (χ0n) is 6.93. The number of ether oxygens (including phenoxy) is 1. The van der Waals surface area contributed by atoms with Crippen LogP contribution in [0.2, 0.25) is 0 Å². The SMILES string of the molecule is CCNC(=O)C1CCCOC1. The fourth-order valence-corrected chi connectivity index (χ4v) is 1.27. The summed E-state index contributed by atoms with van der Waals surface area (Å²) in [6.45, 7) is 4.07. The molecule has 1 aliphatic rings. The third-order valence-corrected chi connectivity index (χ3v) is 1.88. The lowest BCUT2D eigenvalue weighted by Gasteiger charge is -2.20. The number of hydrogen-bond donors (Lipinski definition) is 1. The van der Waals surface area contributed by atoms with Gasteiger partial charge in [0.25, 0.3) is 0 Å². The molecule has 1 fully saturated rings. The maximum absolute atomic E-state index is 11.2. The topological polar surface area (TPSA) is 38.3 Å². The van der Waals surface area contributed by atoms with Crippen LogP contribution < -0.4 is 5.32 Å². The summed E-state index contributed by atoms with van der Waals surface area (Å²) in [5, 5.41) is 2.80. The van der Waals surface area contributed by atoms with E-state index in [1.54, 1.807) is 0 Å². The van der Waals surface area contributed by atoms with E-state index in [1.807, 2.05) is 6.92 Å². The molecule has 1 rings (SSSR count). The van der Waals surface area contributed by atoms with Gasteiger partial charge in [-0.1, -0.05) is 0 Å². The minimum Gasteiger partial charge on any atom is -0.381 e. The molecule has 1 unspecified atom stereocenters. The minimum absolute atomic E-state index is 0.101. The summed E-state index contributed by atoms with van der Waals surface area (Å²) < 4.78 is 5.19. The van der Waals surface area contributed by atoms with E-state index >= 15 is 0 Å². The van der Waals surface area contributed by atoms with E-state index in [4.69, 9.17) is 4.74 Å². The predicted octanol–water partition coefficient (Wildman–Crippen LogP) is 0.549. The Balaban J connectivity index is 2.27. The lowest BCUT2D eigenvalue weighted by Crippen LogP contribution is -2.35. The molecule has 11 heavy (non-hydrogen) atoms. The molecule has 0 aromatic carbocycles. The van der Waals surface area contributed by atoms with Gasteiger partial charge in [-0.05, 0) is 19.8 Å². The fourth-order valence-electron chi connectivity index (χ4n) is 1.27. The number of hydrogen-bond acceptors (Lipinski definition) is 2. The first kappa shape index (κ1) is 8.53. The van der Waals surface area contributed by atoms with E-state index in [0.29, 0.717) is 6.61 Å². The maximum Gasteiger partial charge on any atom is 0.225 e. The lowest BCUT2D eigenvalue weighted by atomic mass is 10.0. The van der Waals surface area contributed by atoms with Gasteiger partial charge >= 0.3 is 0 Å². The van der Waals surface area contributed by atoms with Crippen molar-refractivity contribution >= 4 is 5.91 Å². The standard InChI is InChI=1S/C8H15NO2/c1-2-9-8(10)7-4-3-5-11-6-7/h7H,2-6H2,1H3,(H,9,10). The second-order valence-corrected chi connectivity index (χ2v) is 2.81. The molecule has 0 bridgehead atoms. The summed E-state index contributed by atoms with van der Waals surface area (Å²) in [5.41, 5.74) is 0. The van der Waals surface area contributed by atoms with Gasteiger partial charge in [-0.3, -0.25) is 4.79 Å². The highest BCUT2D eigenvalue weighted by atomic mass is 16.5. The molecule has 0 aliphatic carbocycles. The van der Waals surface area contributed by atoms with Crippen molar-refractivity contribution in [3.05, 3.63) is 0 Å². The Morgan fingerprint density at radius 3 is 3.09 bits per heavy atom. The highest BCUT2D eigenvalue weighted by molar-refractivity contribution is 5.78. The number of carbonyl (C=O) groups excluding carboxylic acids is 1. The van der Waals surface area contributed by atoms with Crippen LogP contribution >= 0.6 is 0 Å². The lowest BCUT2D eigenvalue weighted by molar-refractivity contribution is -0.128. The van der Waals surface area contributed by atoms with Gasteiger partial charge in [-0.25, -0.2) is 0 Å². The summed E-state index contributed by atoms with van der Waals surface area (Å²) in [6.07, 6.45) is 1.99. The molecule has 3 nitrogen and oxygen atoms in total. The molecule has 1 amide bonds. The van der Waals surface area contributed by atoms with Crippen LogP contribution in [0.3, 0.4) is 0 Å². The van der Waals surface area contributed by atoms with Crippen molar-refractivity contribution < 1.29 is 9.53 Å². The summed E-state index contributed by atoms with van der Waals surface area (Å²) in [7, 11) is 0. The van der Waals surface area contributed by atoms with E-state index in [9.17, 15) is 4.79 Å². The monoisotopic (exact) mass is 157 g/mol. The van der Waals surface area contributed by atoms with E-state index < -0.39 is 0 Å². The van der Waals surface area contributed by atoms with Crippen LogP contribution in [-0.2, 0) is 9.53 Å². The molecule has 1 saturated heterocycles. The molecule has 1 atom stereocenters. The van der Waals surface area contributed by atoms with Crippen molar-refractivity contribution in [2.45, 2.75) is 19.8 Å². The van der Waals surface area contributed by atoms with Crippen LogP contribution in [-0.4, -0.2) is 25.7 Å². The molecule has 3 heteroatoms. The van der Waals surface area contributed by atoms with E-state index in [1.165, 1.54) is 0 Å². The summed E-state index contributed by atoms with van der Waals surface area (Å²) in [5.74, 6) is 0.246. The molecule has 0 aromatic heterocycles. The Kier molecular flexibility index (Phi) is 3.36. The normalized spacial score (nSPS) is 24.6. The van der Waals surface area contributed by atoms with Crippen molar-refractivity contribution in [1.29, 1.82) is 0 Å². The second kappa shape index (κ2) is 4.34. The molecule has 0 spiro atoms. The average molecular weight is 157 g/mol.